The summed E-state index contributed by atoms with van der Waals surface area (Å²) in [5.41, 5.74) is 2.10. The van der Waals surface area contributed by atoms with Crippen molar-refractivity contribution in [3.63, 3.8) is 0 Å². The van der Waals surface area contributed by atoms with Crippen LogP contribution in [0.4, 0.5) is 5.69 Å². The number of guanidine groups is 1. The molecule has 27 heavy (non-hydrogen) atoms. The maximum absolute atomic E-state index is 12.0. The van der Waals surface area contributed by atoms with Crippen molar-refractivity contribution in [2.75, 3.05) is 18.5 Å². The summed E-state index contributed by atoms with van der Waals surface area (Å²) in [7, 11) is 3.59. The number of rotatable bonds is 5. The third-order valence-electron chi connectivity index (χ3n) is 4.47. The van der Waals surface area contributed by atoms with E-state index in [1.165, 1.54) is 6.33 Å². The molecule has 0 atom stereocenters. The fourth-order valence-corrected chi connectivity index (χ4v) is 2.92. The smallest absolute Gasteiger partial charge is 0.226 e. The van der Waals surface area contributed by atoms with E-state index in [0.717, 1.165) is 36.5 Å². The van der Waals surface area contributed by atoms with Crippen LogP contribution in [0.25, 0.3) is 0 Å². The zero-order chi connectivity index (χ0) is 18.4. The third kappa shape index (κ3) is 5.65. The maximum atomic E-state index is 12.0. The Bertz CT molecular complexity index is 772. The van der Waals surface area contributed by atoms with Crippen LogP contribution >= 0.6 is 24.0 Å². The molecule has 9 heteroatoms. The quantitative estimate of drug-likeness (QED) is 0.385. The van der Waals surface area contributed by atoms with Crippen molar-refractivity contribution < 1.29 is 4.79 Å². The molecule has 1 aromatic heterocycles. The molecule has 8 nitrogen and oxygen atoms in total. The van der Waals surface area contributed by atoms with Gasteiger partial charge in [-0.05, 0) is 30.5 Å². The lowest BCUT2D eigenvalue weighted by Crippen LogP contribution is -2.37. The number of aromatic nitrogens is 3. The van der Waals surface area contributed by atoms with Crippen molar-refractivity contribution in [3.8, 4) is 0 Å². The number of anilines is 1. The summed E-state index contributed by atoms with van der Waals surface area (Å²) in [5, 5.41) is 10.5. The molecule has 1 fully saturated rings. The fraction of sp³-hybridized carbons (Fsp3) is 0.444. The van der Waals surface area contributed by atoms with Gasteiger partial charge in [0.25, 0.3) is 0 Å². The summed E-state index contributed by atoms with van der Waals surface area (Å²) < 4.78 is 1.72. The van der Waals surface area contributed by atoms with Gasteiger partial charge in [-0.3, -0.25) is 14.5 Å². The number of amides is 1. The molecule has 2 N–H and O–H groups in total. The third-order valence-corrected chi connectivity index (χ3v) is 4.47. The van der Waals surface area contributed by atoms with Crippen LogP contribution in [-0.4, -0.2) is 40.2 Å². The van der Waals surface area contributed by atoms with Crippen LogP contribution in [0.3, 0.4) is 0 Å². The van der Waals surface area contributed by atoms with Crippen LogP contribution in [0.15, 0.2) is 35.6 Å². The minimum atomic E-state index is 0. The van der Waals surface area contributed by atoms with E-state index < -0.39 is 0 Å². The van der Waals surface area contributed by atoms with Crippen LogP contribution in [0, 0.1) is 0 Å². The first kappa shape index (κ1) is 21.1. The monoisotopic (exact) mass is 483 g/mol. The number of carbonyl (C=O) groups excluding carboxylic acids is 1. The number of hydrogen-bond donors (Lipinski definition) is 2. The number of hydrogen-bond acceptors (Lipinski definition) is 4. The summed E-state index contributed by atoms with van der Waals surface area (Å²) in [5.74, 6) is 1.75. The van der Waals surface area contributed by atoms with Crippen LogP contribution in [0.1, 0.15) is 30.7 Å². The van der Waals surface area contributed by atoms with Gasteiger partial charge in [0.2, 0.25) is 5.91 Å². The maximum Gasteiger partial charge on any atom is 0.226 e. The van der Waals surface area contributed by atoms with Crippen LogP contribution in [-0.2, 0) is 24.9 Å². The van der Waals surface area contributed by atoms with E-state index >= 15 is 0 Å². The molecule has 2 heterocycles. The lowest BCUT2D eigenvalue weighted by molar-refractivity contribution is -0.119. The molecule has 1 aromatic carbocycles. The van der Waals surface area contributed by atoms with Crippen molar-refractivity contribution in [2.45, 2.75) is 32.4 Å². The Labute approximate surface area is 176 Å². The molecular weight excluding hydrogens is 457 g/mol. The lowest BCUT2D eigenvalue weighted by Gasteiger charge is -2.26. The SMILES string of the molecule is CN=C(NCc1ccc(N2CCCCC2=O)cc1)NCc1ncnn1C.I. The molecule has 1 amide bonds. The molecule has 0 bridgehead atoms. The molecule has 0 spiro atoms. The Morgan fingerprint density at radius 1 is 1.19 bits per heavy atom. The molecule has 1 saturated heterocycles. The average molecular weight is 483 g/mol. The van der Waals surface area contributed by atoms with Crippen LogP contribution in [0.2, 0.25) is 0 Å². The Hall–Kier alpha value is -2.17. The Morgan fingerprint density at radius 2 is 1.93 bits per heavy atom. The number of halogens is 1. The average Bonchev–Trinajstić information content (AvgIpc) is 3.08. The van der Waals surface area contributed by atoms with Gasteiger partial charge in [-0.2, -0.15) is 5.10 Å². The summed E-state index contributed by atoms with van der Waals surface area (Å²) in [6, 6.07) is 8.10. The molecule has 0 radical (unpaired) electrons. The molecule has 3 rings (SSSR count). The van der Waals surface area contributed by atoms with Gasteiger partial charge in [0.05, 0.1) is 6.54 Å². The van der Waals surface area contributed by atoms with Crippen molar-refractivity contribution in [2.24, 2.45) is 12.0 Å². The van der Waals surface area contributed by atoms with Crippen molar-refractivity contribution in [1.82, 2.24) is 25.4 Å². The normalized spacial score (nSPS) is 14.7. The number of aliphatic imine (C=N–C) groups is 1. The second-order valence-electron chi connectivity index (χ2n) is 6.25. The number of nitrogens with one attached hydrogen (secondary N) is 2. The molecule has 146 valence electrons. The summed E-state index contributed by atoms with van der Waals surface area (Å²) in [4.78, 5) is 22.3. The summed E-state index contributed by atoms with van der Waals surface area (Å²) in [6.07, 6.45) is 4.25. The van der Waals surface area contributed by atoms with E-state index in [9.17, 15) is 4.79 Å². The number of benzene rings is 1. The largest absolute Gasteiger partial charge is 0.352 e. The predicted molar refractivity (Wildman–Crippen MR) is 116 cm³/mol. The zero-order valence-corrected chi connectivity index (χ0v) is 18.0. The van der Waals surface area contributed by atoms with Crippen molar-refractivity contribution >= 4 is 41.5 Å². The van der Waals surface area contributed by atoms with Gasteiger partial charge in [0.1, 0.15) is 12.2 Å². The Balaban J connectivity index is 0.00000261. The number of nitrogens with zero attached hydrogens (tertiary/aromatic N) is 5. The molecule has 0 unspecified atom stereocenters. The Morgan fingerprint density at radius 3 is 2.56 bits per heavy atom. The van der Waals surface area contributed by atoms with Gasteiger partial charge < -0.3 is 15.5 Å². The standard InChI is InChI=1S/C18H25N7O.HI/c1-19-18(21-12-16-22-13-23-24(16)2)20-11-14-6-8-15(9-7-14)25-10-4-3-5-17(25)26;/h6-9,13H,3-5,10-12H2,1-2H3,(H2,19,20,21);1H. The van der Waals surface area contributed by atoms with Gasteiger partial charge >= 0.3 is 0 Å². The molecular formula is C18H26IN7O. The highest BCUT2D eigenvalue weighted by Crippen LogP contribution is 2.21. The van der Waals surface area contributed by atoms with Gasteiger partial charge in [0, 0.05) is 39.3 Å². The zero-order valence-electron chi connectivity index (χ0n) is 15.7. The van der Waals surface area contributed by atoms with Gasteiger partial charge in [0.15, 0.2) is 5.96 Å². The van der Waals surface area contributed by atoms with E-state index in [0.29, 0.717) is 25.5 Å². The fourth-order valence-electron chi connectivity index (χ4n) is 2.92. The van der Waals surface area contributed by atoms with E-state index in [1.807, 2.05) is 36.2 Å². The highest BCUT2D eigenvalue weighted by atomic mass is 127. The molecule has 0 saturated carbocycles. The van der Waals surface area contributed by atoms with E-state index in [-0.39, 0.29) is 29.9 Å². The minimum Gasteiger partial charge on any atom is -0.352 e. The number of piperidine rings is 1. The van der Waals surface area contributed by atoms with E-state index in [1.54, 1.807) is 11.7 Å². The lowest BCUT2D eigenvalue weighted by atomic mass is 10.1. The first-order valence-electron chi connectivity index (χ1n) is 8.84. The summed E-state index contributed by atoms with van der Waals surface area (Å²) in [6.45, 7) is 2.01. The van der Waals surface area contributed by atoms with Crippen molar-refractivity contribution in [3.05, 3.63) is 42.0 Å². The van der Waals surface area contributed by atoms with Gasteiger partial charge in [-0.15, -0.1) is 24.0 Å². The molecule has 1 aliphatic heterocycles. The molecule has 1 aliphatic rings. The highest BCUT2D eigenvalue weighted by Gasteiger charge is 2.19. The molecule has 2 aromatic rings. The minimum absolute atomic E-state index is 0. The van der Waals surface area contributed by atoms with Crippen LogP contribution in [0.5, 0.6) is 0 Å². The van der Waals surface area contributed by atoms with E-state index in [2.05, 4.69) is 25.7 Å². The molecule has 0 aliphatic carbocycles. The van der Waals surface area contributed by atoms with E-state index in [4.69, 9.17) is 0 Å². The predicted octanol–water partition coefficient (Wildman–Crippen LogP) is 1.82. The summed E-state index contributed by atoms with van der Waals surface area (Å²) >= 11 is 0. The topological polar surface area (TPSA) is 87.4 Å². The first-order chi connectivity index (χ1) is 12.7. The Kier molecular flexibility index (Phi) is 8.01. The number of aryl methyl sites for hydroxylation is 1. The van der Waals surface area contributed by atoms with Crippen LogP contribution < -0.4 is 15.5 Å². The number of carbonyl (C=O) groups is 1. The van der Waals surface area contributed by atoms with Crippen molar-refractivity contribution in [1.29, 1.82) is 0 Å². The van der Waals surface area contributed by atoms with Gasteiger partial charge in [-0.25, -0.2) is 4.98 Å². The second-order valence-corrected chi connectivity index (χ2v) is 6.25. The first-order valence-corrected chi connectivity index (χ1v) is 8.84. The second kappa shape index (κ2) is 10.2. The van der Waals surface area contributed by atoms with Gasteiger partial charge in [-0.1, -0.05) is 12.1 Å². The highest BCUT2D eigenvalue weighted by molar-refractivity contribution is 14.0.